The van der Waals surface area contributed by atoms with E-state index in [0.29, 0.717) is 31.1 Å². The predicted molar refractivity (Wildman–Crippen MR) is 89.6 cm³/mol. The van der Waals surface area contributed by atoms with Crippen LogP contribution in [0.3, 0.4) is 0 Å². The molecule has 2 rings (SSSR count). The summed E-state index contributed by atoms with van der Waals surface area (Å²) >= 11 is 0. The van der Waals surface area contributed by atoms with Crippen LogP contribution in [0.15, 0.2) is 0 Å². The molecule has 0 radical (unpaired) electrons. The van der Waals surface area contributed by atoms with Crippen LogP contribution in [0, 0.1) is 17.3 Å². The van der Waals surface area contributed by atoms with Crippen molar-refractivity contribution in [3.8, 4) is 0 Å². The molecule has 0 spiro atoms. The summed E-state index contributed by atoms with van der Waals surface area (Å²) in [6.07, 6.45) is 2.76. The van der Waals surface area contributed by atoms with Crippen LogP contribution in [0.25, 0.3) is 0 Å². The van der Waals surface area contributed by atoms with Crippen LogP contribution in [0.5, 0.6) is 0 Å². The Bertz CT molecular complexity index is 510. The summed E-state index contributed by atoms with van der Waals surface area (Å²) in [4.78, 5) is 23.9. The van der Waals surface area contributed by atoms with Gasteiger partial charge in [0.1, 0.15) is 11.6 Å². The molecule has 3 N–H and O–H groups in total. The minimum atomic E-state index is -1.08. The molecule has 0 aromatic heterocycles. The second-order valence-electron chi connectivity index (χ2n) is 9.29. The van der Waals surface area contributed by atoms with Gasteiger partial charge in [0.25, 0.3) is 0 Å². The van der Waals surface area contributed by atoms with Gasteiger partial charge in [0, 0.05) is 5.41 Å². The molecule has 5 unspecified atom stereocenters. The fourth-order valence-electron chi connectivity index (χ4n) is 4.97. The SMILES string of the molecule is CC1CC2CC(O)(C1)CC(C)(C(NC(=O)OC(C)(C)C)C(=O)O)C2. The van der Waals surface area contributed by atoms with Crippen molar-refractivity contribution >= 4 is 12.1 Å². The number of amides is 1. The summed E-state index contributed by atoms with van der Waals surface area (Å²) in [6, 6.07) is -1.07. The largest absolute Gasteiger partial charge is 0.480 e. The maximum atomic E-state index is 12.1. The highest BCUT2D eigenvalue weighted by molar-refractivity contribution is 5.81. The van der Waals surface area contributed by atoms with E-state index in [-0.39, 0.29) is 0 Å². The molecule has 2 saturated carbocycles. The van der Waals surface area contributed by atoms with Crippen molar-refractivity contribution in [2.45, 2.75) is 84.0 Å². The molecule has 24 heavy (non-hydrogen) atoms. The van der Waals surface area contributed by atoms with Crippen LogP contribution in [0.2, 0.25) is 0 Å². The third-order valence-electron chi connectivity index (χ3n) is 5.23. The molecule has 0 heterocycles. The maximum Gasteiger partial charge on any atom is 0.408 e. The number of fused-ring (bicyclic) bond motifs is 2. The predicted octanol–water partition coefficient (Wildman–Crippen LogP) is 2.93. The second-order valence-corrected chi connectivity index (χ2v) is 9.29. The number of carbonyl (C=O) groups excluding carboxylic acids is 1. The fourth-order valence-corrected chi connectivity index (χ4v) is 4.97. The first-order valence-corrected chi connectivity index (χ1v) is 8.77. The number of hydrogen-bond donors (Lipinski definition) is 3. The number of carboxylic acid groups (broad SMARTS) is 1. The van der Waals surface area contributed by atoms with E-state index in [1.807, 2.05) is 6.92 Å². The maximum absolute atomic E-state index is 12.1. The first kappa shape index (κ1) is 19.0. The minimum Gasteiger partial charge on any atom is -0.480 e. The molecule has 2 aliphatic rings. The van der Waals surface area contributed by atoms with E-state index in [9.17, 15) is 19.8 Å². The average Bonchev–Trinajstić information content (AvgIpc) is 2.29. The number of hydrogen-bond acceptors (Lipinski definition) is 4. The number of ether oxygens (including phenoxy) is 1. The number of carbonyl (C=O) groups is 2. The Balaban J connectivity index is 2.18. The summed E-state index contributed by atoms with van der Waals surface area (Å²) in [6.45, 7) is 9.20. The zero-order chi connectivity index (χ0) is 18.3. The first-order valence-electron chi connectivity index (χ1n) is 8.77. The van der Waals surface area contributed by atoms with E-state index >= 15 is 0 Å². The van der Waals surface area contributed by atoms with Crippen LogP contribution in [-0.4, -0.2) is 39.5 Å². The molecule has 2 bridgehead atoms. The lowest BCUT2D eigenvalue weighted by molar-refractivity contribution is -0.152. The van der Waals surface area contributed by atoms with Crippen molar-refractivity contribution in [1.82, 2.24) is 5.32 Å². The Kier molecular flexibility index (Phi) is 4.92. The number of rotatable bonds is 3. The van der Waals surface area contributed by atoms with E-state index < -0.39 is 34.7 Å². The topological polar surface area (TPSA) is 95.9 Å². The molecule has 0 aromatic rings. The molecule has 2 fully saturated rings. The molecular weight excluding hydrogens is 310 g/mol. The van der Waals surface area contributed by atoms with Crippen LogP contribution in [0.4, 0.5) is 4.79 Å². The molecule has 1 amide bonds. The van der Waals surface area contributed by atoms with Gasteiger partial charge in [-0.1, -0.05) is 13.8 Å². The average molecular weight is 341 g/mol. The van der Waals surface area contributed by atoms with Crippen LogP contribution in [-0.2, 0) is 9.53 Å². The Labute approximate surface area is 144 Å². The number of aliphatic hydroxyl groups is 1. The van der Waals surface area contributed by atoms with Gasteiger partial charge >= 0.3 is 12.1 Å². The lowest BCUT2D eigenvalue weighted by Crippen LogP contribution is -2.59. The fraction of sp³-hybridized carbons (Fsp3) is 0.889. The van der Waals surface area contributed by atoms with Gasteiger partial charge in [0.2, 0.25) is 0 Å². The molecule has 138 valence electrons. The quantitative estimate of drug-likeness (QED) is 0.733. The molecular formula is C18H31NO5. The van der Waals surface area contributed by atoms with E-state index in [1.165, 1.54) is 0 Å². The zero-order valence-electron chi connectivity index (χ0n) is 15.4. The lowest BCUT2D eigenvalue weighted by Gasteiger charge is -2.53. The highest BCUT2D eigenvalue weighted by Crippen LogP contribution is 2.53. The van der Waals surface area contributed by atoms with E-state index in [1.54, 1.807) is 20.8 Å². The van der Waals surface area contributed by atoms with Crippen molar-refractivity contribution in [1.29, 1.82) is 0 Å². The summed E-state index contributed by atoms with van der Waals surface area (Å²) in [5, 5.41) is 23.1. The number of carboxylic acids is 1. The summed E-state index contributed by atoms with van der Waals surface area (Å²) in [5.41, 5.74) is -2.22. The van der Waals surface area contributed by atoms with E-state index in [2.05, 4.69) is 12.2 Å². The van der Waals surface area contributed by atoms with Gasteiger partial charge in [-0.3, -0.25) is 0 Å². The lowest BCUT2D eigenvalue weighted by atomic mass is 9.55. The monoisotopic (exact) mass is 341 g/mol. The molecule has 0 aliphatic heterocycles. The highest BCUT2D eigenvalue weighted by Gasteiger charge is 2.53. The van der Waals surface area contributed by atoms with Gasteiger partial charge < -0.3 is 20.3 Å². The van der Waals surface area contributed by atoms with Crippen molar-refractivity contribution in [2.24, 2.45) is 17.3 Å². The summed E-state index contributed by atoms with van der Waals surface area (Å²) in [7, 11) is 0. The summed E-state index contributed by atoms with van der Waals surface area (Å²) < 4.78 is 5.21. The van der Waals surface area contributed by atoms with Gasteiger partial charge in [0.15, 0.2) is 0 Å². The molecule has 5 atom stereocenters. The van der Waals surface area contributed by atoms with Gasteiger partial charge in [-0.25, -0.2) is 9.59 Å². The molecule has 2 aliphatic carbocycles. The Hall–Kier alpha value is -1.30. The smallest absolute Gasteiger partial charge is 0.408 e. The third-order valence-corrected chi connectivity index (χ3v) is 5.23. The number of alkyl carbamates (subject to hydrolysis) is 1. The van der Waals surface area contributed by atoms with Gasteiger partial charge in [-0.05, 0) is 64.7 Å². The molecule has 0 saturated heterocycles. The van der Waals surface area contributed by atoms with Gasteiger partial charge in [-0.15, -0.1) is 0 Å². The van der Waals surface area contributed by atoms with E-state index in [0.717, 1.165) is 12.8 Å². The normalized spacial score (nSPS) is 37.4. The van der Waals surface area contributed by atoms with Crippen LogP contribution >= 0.6 is 0 Å². The first-order chi connectivity index (χ1) is 10.8. The second kappa shape index (κ2) is 6.21. The summed E-state index contributed by atoms with van der Waals surface area (Å²) in [5.74, 6) is -0.347. The van der Waals surface area contributed by atoms with Crippen LogP contribution in [0.1, 0.15) is 66.7 Å². The minimum absolute atomic E-state index is 0.291. The highest BCUT2D eigenvalue weighted by atomic mass is 16.6. The molecule has 6 heteroatoms. The Morgan fingerprint density at radius 2 is 1.88 bits per heavy atom. The zero-order valence-corrected chi connectivity index (χ0v) is 15.4. The Morgan fingerprint density at radius 1 is 1.25 bits per heavy atom. The number of aliphatic carboxylic acids is 1. The third kappa shape index (κ3) is 4.41. The Morgan fingerprint density at radius 3 is 2.38 bits per heavy atom. The molecule has 6 nitrogen and oxygen atoms in total. The number of nitrogens with one attached hydrogen (secondary N) is 1. The van der Waals surface area contributed by atoms with Crippen LogP contribution < -0.4 is 5.32 Å². The van der Waals surface area contributed by atoms with Crippen molar-refractivity contribution in [3.63, 3.8) is 0 Å². The standard InChI is InChI=1S/C18H31NO5/c1-11-6-12-8-17(5,10-18(23,7-11)9-12)13(14(20)21)19-15(22)24-16(2,3)4/h11-13,23H,6-10H2,1-5H3,(H,19,22)(H,20,21). The van der Waals surface area contributed by atoms with Gasteiger partial charge in [0.05, 0.1) is 5.60 Å². The van der Waals surface area contributed by atoms with Crippen molar-refractivity contribution < 1.29 is 24.5 Å². The van der Waals surface area contributed by atoms with Crippen molar-refractivity contribution in [2.75, 3.05) is 0 Å². The molecule has 0 aromatic carbocycles. The van der Waals surface area contributed by atoms with Crippen molar-refractivity contribution in [3.05, 3.63) is 0 Å². The van der Waals surface area contributed by atoms with Gasteiger partial charge in [-0.2, -0.15) is 0 Å². The van der Waals surface area contributed by atoms with E-state index in [4.69, 9.17) is 4.74 Å².